The number of carbonyl (C=O) groups excluding carboxylic acids is 1. The molecule has 0 saturated heterocycles. The van der Waals surface area contributed by atoms with Crippen molar-refractivity contribution in [2.75, 3.05) is 0 Å². The molecular weight excluding hydrogens is 184 g/mol. The van der Waals surface area contributed by atoms with Crippen molar-refractivity contribution in [3.05, 3.63) is 0 Å². The zero-order valence-corrected chi connectivity index (χ0v) is 9.91. The summed E-state index contributed by atoms with van der Waals surface area (Å²) in [4.78, 5) is 11.8. The molecule has 3 aliphatic rings. The fourth-order valence-electron chi connectivity index (χ4n) is 4.76. The van der Waals surface area contributed by atoms with Crippen LogP contribution in [0.5, 0.6) is 0 Å². The minimum atomic E-state index is 0.468. The summed E-state index contributed by atoms with van der Waals surface area (Å²) in [5, 5.41) is 0. The molecule has 6 atom stereocenters. The van der Waals surface area contributed by atoms with Crippen LogP contribution in [-0.4, -0.2) is 5.78 Å². The molecule has 3 saturated carbocycles. The second-order valence-corrected chi connectivity index (χ2v) is 6.24. The average molecular weight is 206 g/mol. The van der Waals surface area contributed by atoms with E-state index < -0.39 is 0 Å². The Morgan fingerprint density at radius 1 is 1.07 bits per heavy atom. The predicted molar refractivity (Wildman–Crippen MR) is 60.4 cm³/mol. The lowest BCUT2D eigenvalue weighted by Crippen LogP contribution is -2.31. The zero-order chi connectivity index (χ0) is 10.6. The molecule has 0 aromatic carbocycles. The zero-order valence-electron chi connectivity index (χ0n) is 9.91. The van der Waals surface area contributed by atoms with Crippen LogP contribution in [0.4, 0.5) is 0 Å². The molecule has 0 aromatic heterocycles. The van der Waals surface area contributed by atoms with E-state index in [0.29, 0.717) is 11.7 Å². The molecule has 0 N–H and O–H groups in total. The summed E-state index contributed by atoms with van der Waals surface area (Å²) in [7, 11) is 0. The first-order chi connectivity index (χ1) is 7.18. The topological polar surface area (TPSA) is 17.1 Å². The maximum Gasteiger partial charge on any atom is 0.136 e. The van der Waals surface area contributed by atoms with Gasteiger partial charge in [-0.2, -0.15) is 0 Å². The maximum atomic E-state index is 11.8. The van der Waals surface area contributed by atoms with Crippen LogP contribution in [0, 0.1) is 35.5 Å². The van der Waals surface area contributed by atoms with Crippen molar-refractivity contribution < 1.29 is 4.79 Å². The van der Waals surface area contributed by atoms with Crippen molar-refractivity contribution in [2.24, 2.45) is 35.5 Å². The summed E-state index contributed by atoms with van der Waals surface area (Å²) in [6, 6.07) is 0. The van der Waals surface area contributed by atoms with Crippen LogP contribution >= 0.6 is 0 Å². The number of ketones is 1. The fraction of sp³-hybridized carbons (Fsp3) is 0.929. The number of carbonyl (C=O) groups is 1. The van der Waals surface area contributed by atoms with Gasteiger partial charge in [0.2, 0.25) is 0 Å². The SMILES string of the molecule is CC1C2CC(C3CCCC3=O)C(C2)C1C. The molecule has 0 aromatic rings. The van der Waals surface area contributed by atoms with Crippen molar-refractivity contribution in [3.8, 4) is 0 Å². The third-order valence-electron chi connectivity index (χ3n) is 5.82. The molecule has 3 rings (SSSR count). The average Bonchev–Trinajstić information content (AvgIpc) is 2.85. The molecule has 3 fully saturated rings. The normalized spacial score (nSPS) is 54.1. The van der Waals surface area contributed by atoms with Crippen molar-refractivity contribution in [1.82, 2.24) is 0 Å². The summed E-state index contributed by atoms with van der Waals surface area (Å²) >= 11 is 0. The molecule has 6 unspecified atom stereocenters. The van der Waals surface area contributed by atoms with Crippen LogP contribution in [0.2, 0.25) is 0 Å². The molecule has 84 valence electrons. The van der Waals surface area contributed by atoms with Crippen molar-refractivity contribution in [2.45, 2.75) is 46.0 Å². The van der Waals surface area contributed by atoms with E-state index >= 15 is 0 Å². The Bertz CT molecular complexity index is 281. The second-order valence-electron chi connectivity index (χ2n) is 6.24. The molecule has 3 aliphatic carbocycles. The van der Waals surface area contributed by atoms with Crippen LogP contribution < -0.4 is 0 Å². The van der Waals surface area contributed by atoms with E-state index in [1.807, 2.05) is 0 Å². The minimum absolute atomic E-state index is 0.468. The summed E-state index contributed by atoms with van der Waals surface area (Å²) in [5.41, 5.74) is 0. The summed E-state index contributed by atoms with van der Waals surface area (Å²) in [6.45, 7) is 4.84. The van der Waals surface area contributed by atoms with Gasteiger partial charge in [0.25, 0.3) is 0 Å². The van der Waals surface area contributed by atoms with E-state index in [-0.39, 0.29) is 0 Å². The quantitative estimate of drug-likeness (QED) is 0.643. The molecule has 1 heteroatoms. The van der Waals surface area contributed by atoms with Gasteiger partial charge in [-0.3, -0.25) is 4.79 Å². The van der Waals surface area contributed by atoms with E-state index in [1.165, 1.54) is 25.7 Å². The van der Waals surface area contributed by atoms with Crippen LogP contribution in [0.3, 0.4) is 0 Å². The smallest absolute Gasteiger partial charge is 0.136 e. The molecule has 0 amide bonds. The number of fused-ring (bicyclic) bond motifs is 2. The first kappa shape index (κ1) is 9.86. The van der Waals surface area contributed by atoms with Gasteiger partial charge in [-0.15, -0.1) is 0 Å². The van der Waals surface area contributed by atoms with E-state index in [2.05, 4.69) is 13.8 Å². The Morgan fingerprint density at radius 2 is 1.80 bits per heavy atom. The summed E-state index contributed by atoms with van der Waals surface area (Å²) in [5.74, 6) is 5.46. The van der Waals surface area contributed by atoms with Gasteiger partial charge in [-0.25, -0.2) is 0 Å². The first-order valence-corrected chi connectivity index (χ1v) is 6.71. The predicted octanol–water partition coefficient (Wildman–Crippen LogP) is 3.28. The van der Waals surface area contributed by atoms with Crippen molar-refractivity contribution in [3.63, 3.8) is 0 Å². The Balaban J connectivity index is 1.78. The molecule has 0 spiro atoms. The van der Waals surface area contributed by atoms with Crippen molar-refractivity contribution >= 4 is 5.78 Å². The lowest BCUT2D eigenvalue weighted by Gasteiger charge is -2.34. The van der Waals surface area contributed by atoms with Gasteiger partial charge in [-0.1, -0.05) is 13.8 Å². The number of hydrogen-bond donors (Lipinski definition) is 0. The Labute approximate surface area is 92.6 Å². The molecular formula is C14H22O. The van der Waals surface area contributed by atoms with E-state index in [9.17, 15) is 4.79 Å². The van der Waals surface area contributed by atoms with Gasteiger partial charge in [0.05, 0.1) is 0 Å². The lowest BCUT2D eigenvalue weighted by atomic mass is 9.70. The maximum absolute atomic E-state index is 11.8. The molecule has 1 nitrogen and oxygen atoms in total. The highest BCUT2D eigenvalue weighted by Crippen LogP contribution is 2.58. The number of hydrogen-bond acceptors (Lipinski definition) is 1. The van der Waals surface area contributed by atoms with Gasteiger partial charge < -0.3 is 0 Å². The minimum Gasteiger partial charge on any atom is -0.299 e. The highest BCUT2D eigenvalue weighted by Gasteiger charge is 2.52. The molecule has 2 bridgehead atoms. The molecule has 0 radical (unpaired) electrons. The Hall–Kier alpha value is -0.330. The number of Topliss-reactive ketones (excluding diaryl/α,β-unsaturated/α-hetero) is 1. The van der Waals surface area contributed by atoms with Crippen molar-refractivity contribution in [1.29, 1.82) is 0 Å². The highest BCUT2D eigenvalue weighted by atomic mass is 16.1. The number of rotatable bonds is 1. The summed E-state index contributed by atoms with van der Waals surface area (Å²) in [6.07, 6.45) is 6.04. The van der Waals surface area contributed by atoms with Crippen LogP contribution in [0.15, 0.2) is 0 Å². The van der Waals surface area contributed by atoms with Gasteiger partial charge in [-0.05, 0) is 55.3 Å². The summed E-state index contributed by atoms with van der Waals surface area (Å²) < 4.78 is 0. The third kappa shape index (κ3) is 1.31. The van der Waals surface area contributed by atoms with E-state index in [1.54, 1.807) is 0 Å². The van der Waals surface area contributed by atoms with Gasteiger partial charge in [0, 0.05) is 12.3 Å². The monoisotopic (exact) mass is 206 g/mol. The first-order valence-electron chi connectivity index (χ1n) is 6.71. The van der Waals surface area contributed by atoms with E-state index in [4.69, 9.17) is 0 Å². The second kappa shape index (κ2) is 3.33. The standard InChI is InChI=1S/C14H22O/c1-8-9(2)12-6-10(8)7-13(12)11-4-3-5-14(11)15/h8-13H,3-7H2,1-2H3. The fourth-order valence-corrected chi connectivity index (χ4v) is 4.76. The van der Waals surface area contributed by atoms with Crippen LogP contribution in [0.1, 0.15) is 46.0 Å². The molecule has 0 aliphatic heterocycles. The highest BCUT2D eigenvalue weighted by molar-refractivity contribution is 5.83. The van der Waals surface area contributed by atoms with Gasteiger partial charge in [0.15, 0.2) is 0 Å². The van der Waals surface area contributed by atoms with Gasteiger partial charge in [0.1, 0.15) is 5.78 Å². The van der Waals surface area contributed by atoms with Gasteiger partial charge >= 0.3 is 0 Å². The lowest BCUT2D eigenvalue weighted by molar-refractivity contribution is -0.123. The van der Waals surface area contributed by atoms with Crippen LogP contribution in [-0.2, 0) is 4.79 Å². The molecule has 15 heavy (non-hydrogen) atoms. The Kier molecular flexibility index (Phi) is 2.19. The van der Waals surface area contributed by atoms with E-state index in [0.717, 1.165) is 36.0 Å². The largest absolute Gasteiger partial charge is 0.299 e. The molecule has 0 heterocycles. The van der Waals surface area contributed by atoms with Crippen LogP contribution in [0.25, 0.3) is 0 Å². The Morgan fingerprint density at radius 3 is 2.33 bits per heavy atom. The third-order valence-corrected chi connectivity index (χ3v) is 5.82.